The van der Waals surface area contributed by atoms with Gasteiger partial charge in [0.05, 0.1) is 13.2 Å². The number of aryl methyl sites for hydroxylation is 1. The Kier molecular flexibility index (Phi) is 3.32. The molecule has 0 saturated heterocycles. The summed E-state index contributed by atoms with van der Waals surface area (Å²) >= 11 is 0. The molecule has 2 aromatic rings. The molecule has 0 radical (unpaired) electrons. The van der Waals surface area contributed by atoms with Crippen LogP contribution in [-0.4, -0.2) is 16.7 Å². The van der Waals surface area contributed by atoms with Gasteiger partial charge < -0.3 is 14.6 Å². The first kappa shape index (κ1) is 11.5. The first-order chi connectivity index (χ1) is 8.20. The summed E-state index contributed by atoms with van der Waals surface area (Å²) in [7, 11) is 3.66. The molecule has 1 aromatic carbocycles. The normalized spacial score (nSPS) is 12.2. The van der Waals surface area contributed by atoms with Crippen molar-refractivity contribution >= 4 is 5.69 Å². The Labute approximate surface area is 101 Å². The number of nitrogens with one attached hydrogen (secondary N) is 1. The van der Waals surface area contributed by atoms with E-state index >= 15 is 0 Å². The summed E-state index contributed by atoms with van der Waals surface area (Å²) in [6, 6.07) is 8.03. The third-order valence-corrected chi connectivity index (χ3v) is 2.70. The van der Waals surface area contributed by atoms with Crippen LogP contribution in [0.2, 0.25) is 0 Å². The van der Waals surface area contributed by atoms with Crippen LogP contribution >= 0.6 is 0 Å². The first-order valence-corrected chi connectivity index (χ1v) is 5.58. The van der Waals surface area contributed by atoms with Crippen molar-refractivity contribution in [2.24, 2.45) is 7.05 Å². The standard InChI is InChI=1S/C13H17N3O/c1-10(13-14-7-8-16(13)2)15-11-5-4-6-12(9-11)17-3/h4-10,15H,1-3H3. The summed E-state index contributed by atoms with van der Waals surface area (Å²) < 4.78 is 7.20. The van der Waals surface area contributed by atoms with Crippen molar-refractivity contribution in [1.82, 2.24) is 9.55 Å². The Bertz CT molecular complexity index is 493. The number of imidazole rings is 1. The molecule has 0 saturated carbocycles. The van der Waals surface area contributed by atoms with Gasteiger partial charge in [0.2, 0.25) is 0 Å². The second-order valence-corrected chi connectivity index (χ2v) is 3.99. The lowest BCUT2D eigenvalue weighted by molar-refractivity contribution is 0.415. The maximum atomic E-state index is 5.19. The van der Waals surface area contributed by atoms with Crippen LogP contribution in [0, 0.1) is 0 Å². The quantitative estimate of drug-likeness (QED) is 0.879. The molecule has 0 spiro atoms. The van der Waals surface area contributed by atoms with Crippen LogP contribution in [0.4, 0.5) is 5.69 Å². The van der Waals surface area contributed by atoms with Gasteiger partial charge in [0, 0.05) is 31.2 Å². The van der Waals surface area contributed by atoms with Gasteiger partial charge in [-0.3, -0.25) is 0 Å². The highest BCUT2D eigenvalue weighted by Gasteiger charge is 2.09. The molecule has 4 heteroatoms. The van der Waals surface area contributed by atoms with E-state index in [1.54, 1.807) is 13.3 Å². The van der Waals surface area contributed by atoms with Crippen LogP contribution in [0.25, 0.3) is 0 Å². The van der Waals surface area contributed by atoms with E-state index in [-0.39, 0.29) is 6.04 Å². The Morgan fingerprint density at radius 1 is 1.41 bits per heavy atom. The van der Waals surface area contributed by atoms with Crippen LogP contribution in [0.15, 0.2) is 36.7 Å². The summed E-state index contributed by atoms with van der Waals surface area (Å²) in [5, 5.41) is 3.40. The number of aromatic nitrogens is 2. The smallest absolute Gasteiger partial charge is 0.130 e. The topological polar surface area (TPSA) is 39.1 Å². The Morgan fingerprint density at radius 2 is 2.24 bits per heavy atom. The van der Waals surface area contributed by atoms with Gasteiger partial charge in [-0.25, -0.2) is 4.98 Å². The predicted octanol–water partition coefficient (Wildman–Crippen LogP) is 2.60. The van der Waals surface area contributed by atoms with Crippen molar-refractivity contribution in [3.8, 4) is 5.75 Å². The fourth-order valence-electron chi connectivity index (χ4n) is 1.82. The fraction of sp³-hybridized carbons (Fsp3) is 0.308. The maximum absolute atomic E-state index is 5.19. The van der Waals surface area contributed by atoms with Crippen LogP contribution in [-0.2, 0) is 7.05 Å². The van der Waals surface area contributed by atoms with Crippen molar-refractivity contribution < 1.29 is 4.74 Å². The molecule has 0 aliphatic carbocycles. The number of rotatable bonds is 4. The maximum Gasteiger partial charge on any atom is 0.130 e. The number of hydrogen-bond acceptors (Lipinski definition) is 3. The average Bonchev–Trinajstić information content (AvgIpc) is 2.76. The van der Waals surface area contributed by atoms with Gasteiger partial charge in [-0.1, -0.05) is 6.07 Å². The lowest BCUT2D eigenvalue weighted by atomic mass is 10.2. The van der Waals surface area contributed by atoms with Gasteiger partial charge in [-0.05, 0) is 19.1 Å². The molecule has 1 aromatic heterocycles. The molecule has 90 valence electrons. The minimum Gasteiger partial charge on any atom is -0.497 e. The molecule has 1 atom stereocenters. The highest BCUT2D eigenvalue weighted by molar-refractivity contribution is 5.49. The Hall–Kier alpha value is -1.97. The lowest BCUT2D eigenvalue weighted by Gasteiger charge is -2.15. The van der Waals surface area contributed by atoms with Crippen LogP contribution in [0.3, 0.4) is 0 Å². The molecule has 1 unspecified atom stereocenters. The summed E-state index contributed by atoms with van der Waals surface area (Å²) in [5.74, 6) is 1.86. The summed E-state index contributed by atoms with van der Waals surface area (Å²) in [4.78, 5) is 4.32. The number of anilines is 1. The van der Waals surface area contributed by atoms with E-state index in [9.17, 15) is 0 Å². The Balaban J connectivity index is 2.13. The molecule has 2 rings (SSSR count). The van der Waals surface area contributed by atoms with Gasteiger partial charge in [-0.15, -0.1) is 0 Å². The molecule has 1 N–H and O–H groups in total. The fourth-order valence-corrected chi connectivity index (χ4v) is 1.82. The SMILES string of the molecule is COc1cccc(NC(C)c2nccn2C)c1. The van der Waals surface area contributed by atoms with E-state index in [1.165, 1.54) is 0 Å². The molecule has 1 heterocycles. The second-order valence-electron chi connectivity index (χ2n) is 3.99. The molecule has 4 nitrogen and oxygen atoms in total. The molecular weight excluding hydrogens is 214 g/mol. The monoisotopic (exact) mass is 231 g/mol. The molecule has 0 bridgehead atoms. The third kappa shape index (κ3) is 2.58. The second kappa shape index (κ2) is 4.91. The van der Waals surface area contributed by atoms with E-state index in [4.69, 9.17) is 4.74 Å². The van der Waals surface area contributed by atoms with E-state index in [1.807, 2.05) is 42.1 Å². The molecule has 0 aliphatic heterocycles. The zero-order chi connectivity index (χ0) is 12.3. The van der Waals surface area contributed by atoms with Crippen LogP contribution in [0.5, 0.6) is 5.75 Å². The number of methoxy groups -OCH3 is 1. The lowest BCUT2D eigenvalue weighted by Crippen LogP contribution is -2.11. The summed E-state index contributed by atoms with van der Waals surface area (Å²) in [6.07, 6.45) is 3.75. The van der Waals surface area contributed by atoms with E-state index in [0.29, 0.717) is 0 Å². The molecule has 0 amide bonds. The van der Waals surface area contributed by atoms with Crippen molar-refractivity contribution in [3.63, 3.8) is 0 Å². The highest BCUT2D eigenvalue weighted by Crippen LogP contribution is 2.21. The van der Waals surface area contributed by atoms with Crippen LogP contribution in [0.1, 0.15) is 18.8 Å². The molecule has 0 aliphatic rings. The van der Waals surface area contributed by atoms with Crippen molar-refractivity contribution in [2.45, 2.75) is 13.0 Å². The molecule has 0 fully saturated rings. The third-order valence-electron chi connectivity index (χ3n) is 2.70. The zero-order valence-corrected chi connectivity index (χ0v) is 10.3. The minimum absolute atomic E-state index is 0.155. The van der Waals surface area contributed by atoms with Gasteiger partial charge in [0.15, 0.2) is 0 Å². The van der Waals surface area contributed by atoms with Crippen LogP contribution < -0.4 is 10.1 Å². The predicted molar refractivity (Wildman–Crippen MR) is 68.2 cm³/mol. The zero-order valence-electron chi connectivity index (χ0n) is 10.3. The number of benzene rings is 1. The highest BCUT2D eigenvalue weighted by atomic mass is 16.5. The van der Waals surface area contributed by atoms with Gasteiger partial charge in [-0.2, -0.15) is 0 Å². The van der Waals surface area contributed by atoms with Crippen molar-refractivity contribution in [3.05, 3.63) is 42.5 Å². The number of ether oxygens (including phenoxy) is 1. The van der Waals surface area contributed by atoms with Gasteiger partial charge >= 0.3 is 0 Å². The number of nitrogens with zero attached hydrogens (tertiary/aromatic N) is 2. The van der Waals surface area contributed by atoms with E-state index < -0.39 is 0 Å². The molecule has 17 heavy (non-hydrogen) atoms. The van der Waals surface area contributed by atoms with Crippen molar-refractivity contribution in [1.29, 1.82) is 0 Å². The largest absolute Gasteiger partial charge is 0.497 e. The van der Waals surface area contributed by atoms with Gasteiger partial charge in [0.1, 0.15) is 11.6 Å². The first-order valence-electron chi connectivity index (χ1n) is 5.58. The van der Waals surface area contributed by atoms with Crippen molar-refractivity contribution in [2.75, 3.05) is 12.4 Å². The summed E-state index contributed by atoms with van der Waals surface area (Å²) in [6.45, 7) is 2.09. The van der Waals surface area contributed by atoms with E-state index in [2.05, 4.69) is 17.2 Å². The minimum atomic E-state index is 0.155. The molecular formula is C13H17N3O. The van der Waals surface area contributed by atoms with E-state index in [0.717, 1.165) is 17.3 Å². The Morgan fingerprint density at radius 3 is 2.88 bits per heavy atom. The summed E-state index contributed by atoms with van der Waals surface area (Å²) in [5.41, 5.74) is 1.03. The number of hydrogen-bond donors (Lipinski definition) is 1. The van der Waals surface area contributed by atoms with Gasteiger partial charge in [0.25, 0.3) is 0 Å². The average molecular weight is 231 g/mol.